The van der Waals surface area contributed by atoms with Gasteiger partial charge in [-0.25, -0.2) is 0 Å². The average Bonchev–Trinajstić information content (AvgIpc) is 3.45. The molecule has 2 aliphatic rings. The van der Waals surface area contributed by atoms with E-state index in [0.29, 0.717) is 0 Å². The van der Waals surface area contributed by atoms with Crippen LogP contribution >= 0.6 is 11.6 Å². The molecule has 0 spiro atoms. The molecule has 5 aromatic rings. The molecule has 0 radical (unpaired) electrons. The zero-order valence-corrected chi connectivity index (χ0v) is 29.3. The van der Waals surface area contributed by atoms with Gasteiger partial charge in [0.25, 0.3) is 0 Å². The molecule has 2 nitrogen and oxygen atoms in total. The molecule has 0 fully saturated rings. The Morgan fingerprint density at radius 2 is 1.50 bits per heavy atom. The lowest BCUT2D eigenvalue weighted by Gasteiger charge is -2.35. The van der Waals surface area contributed by atoms with Crippen LogP contribution in [0.5, 0.6) is 0 Å². The maximum atomic E-state index is 6.81. The first-order chi connectivity index (χ1) is 23.3. The molecule has 1 atom stereocenters. The zero-order chi connectivity index (χ0) is 33.5. The van der Waals surface area contributed by atoms with E-state index in [1.807, 2.05) is 6.07 Å². The van der Waals surface area contributed by atoms with Crippen molar-refractivity contribution >= 4 is 39.5 Å². The monoisotopic (exact) mass is 647 g/mol. The molecule has 0 saturated heterocycles. The number of anilines is 1. The van der Waals surface area contributed by atoms with Gasteiger partial charge in [-0.05, 0) is 103 Å². The average molecular weight is 648 g/mol. The summed E-state index contributed by atoms with van der Waals surface area (Å²) in [5.74, 6) is 0. The lowest BCUT2D eigenvalue weighted by Crippen LogP contribution is -2.36. The summed E-state index contributed by atoms with van der Waals surface area (Å²) in [5.41, 5.74) is 11.1. The van der Waals surface area contributed by atoms with Gasteiger partial charge in [0.05, 0.1) is 5.41 Å². The number of likely N-dealkylation sites (N-methyl/N-ethyl adjacent to an activating group) is 1. The minimum atomic E-state index is -0.316. The number of hydrogen-bond acceptors (Lipinski definition) is 1. The molecule has 2 aliphatic heterocycles. The number of hydrogen-bond donors (Lipinski definition) is 0. The third-order valence-corrected chi connectivity index (χ3v) is 10.8. The highest BCUT2D eigenvalue weighted by atomic mass is 35.5. The fourth-order valence-electron chi connectivity index (χ4n) is 8.50. The number of rotatable bonds is 9. The second kappa shape index (κ2) is 12.7. The topological polar surface area (TPSA) is 6.25 Å². The predicted molar refractivity (Wildman–Crippen MR) is 205 cm³/mol. The van der Waals surface area contributed by atoms with E-state index >= 15 is 0 Å². The van der Waals surface area contributed by atoms with E-state index in [-0.39, 0.29) is 10.8 Å². The maximum Gasteiger partial charge on any atom is 0.210 e. The van der Waals surface area contributed by atoms with Crippen LogP contribution in [0.4, 0.5) is 11.4 Å². The van der Waals surface area contributed by atoms with Crippen molar-refractivity contribution < 1.29 is 4.58 Å². The molecule has 2 heterocycles. The SMILES string of the molecule is C=CCC1(C)C(/C=C(C)/C=C2/N(CC)c3ccc(Cl)cc3C2(Cc2ccccc2)Cc2ccccc2)=[N+](C)c2ccc3ccccc3c21. The van der Waals surface area contributed by atoms with Gasteiger partial charge >= 0.3 is 0 Å². The Kier molecular flexibility index (Phi) is 8.48. The highest BCUT2D eigenvalue weighted by molar-refractivity contribution is 6.30. The fraction of sp³-hybridized carbons (Fsp3) is 0.222. The molecule has 48 heavy (non-hydrogen) atoms. The van der Waals surface area contributed by atoms with Crippen molar-refractivity contribution in [1.82, 2.24) is 0 Å². The van der Waals surface area contributed by atoms with E-state index < -0.39 is 0 Å². The lowest BCUT2D eigenvalue weighted by atomic mass is 9.70. The van der Waals surface area contributed by atoms with Gasteiger partial charge < -0.3 is 4.90 Å². The van der Waals surface area contributed by atoms with Crippen molar-refractivity contribution in [1.29, 1.82) is 0 Å². The summed E-state index contributed by atoms with van der Waals surface area (Å²) in [6.45, 7) is 12.0. The van der Waals surface area contributed by atoms with Crippen molar-refractivity contribution in [3.8, 4) is 0 Å². The van der Waals surface area contributed by atoms with Crippen molar-refractivity contribution in [2.45, 2.75) is 50.9 Å². The van der Waals surface area contributed by atoms with Crippen molar-refractivity contribution in [3.63, 3.8) is 0 Å². The molecule has 1 unspecified atom stereocenters. The van der Waals surface area contributed by atoms with Crippen LogP contribution in [0.2, 0.25) is 5.02 Å². The van der Waals surface area contributed by atoms with E-state index in [9.17, 15) is 0 Å². The third kappa shape index (κ3) is 5.33. The Bertz CT molecular complexity index is 2060. The summed E-state index contributed by atoms with van der Waals surface area (Å²) >= 11 is 6.81. The van der Waals surface area contributed by atoms with Crippen LogP contribution in [-0.4, -0.2) is 23.9 Å². The van der Waals surface area contributed by atoms with E-state index in [1.54, 1.807) is 0 Å². The first kappa shape index (κ1) is 31.9. The molecule has 5 aromatic carbocycles. The number of halogens is 1. The van der Waals surface area contributed by atoms with Gasteiger partial charge in [0.1, 0.15) is 7.05 Å². The van der Waals surface area contributed by atoms with Crippen LogP contribution in [-0.2, 0) is 23.7 Å². The molecular weight excluding hydrogens is 604 g/mol. The Balaban J connectivity index is 1.43. The molecule has 240 valence electrons. The van der Waals surface area contributed by atoms with Crippen molar-refractivity contribution in [3.05, 3.63) is 179 Å². The minimum absolute atomic E-state index is 0.214. The first-order valence-electron chi connectivity index (χ1n) is 17.1. The maximum absolute atomic E-state index is 6.81. The van der Waals surface area contributed by atoms with Gasteiger partial charge in [-0.1, -0.05) is 103 Å². The lowest BCUT2D eigenvalue weighted by molar-refractivity contribution is -0.401. The second-order valence-electron chi connectivity index (χ2n) is 13.7. The van der Waals surface area contributed by atoms with Gasteiger partial charge in [-0.2, -0.15) is 4.58 Å². The second-order valence-corrected chi connectivity index (χ2v) is 14.1. The summed E-state index contributed by atoms with van der Waals surface area (Å²) < 4.78 is 2.40. The zero-order valence-electron chi connectivity index (χ0n) is 28.5. The summed E-state index contributed by atoms with van der Waals surface area (Å²) in [7, 11) is 2.22. The van der Waals surface area contributed by atoms with E-state index in [2.05, 4.69) is 171 Å². The Morgan fingerprint density at radius 1 is 0.854 bits per heavy atom. The molecule has 3 heteroatoms. The van der Waals surface area contributed by atoms with E-state index in [1.165, 1.54) is 61.4 Å². The first-order valence-corrected chi connectivity index (χ1v) is 17.5. The quantitative estimate of drug-likeness (QED) is 0.114. The van der Waals surface area contributed by atoms with Gasteiger partial charge in [-0.3, -0.25) is 0 Å². The fourth-order valence-corrected chi connectivity index (χ4v) is 8.68. The largest absolute Gasteiger partial charge is 0.344 e. The molecule has 0 N–H and O–H groups in total. The number of nitrogens with zero attached hydrogens (tertiary/aromatic N) is 2. The summed E-state index contributed by atoms with van der Waals surface area (Å²) in [6.07, 6.45) is 9.55. The van der Waals surface area contributed by atoms with Gasteiger partial charge in [-0.15, -0.1) is 6.58 Å². The minimum Gasteiger partial charge on any atom is -0.344 e. The Morgan fingerprint density at radius 3 is 2.15 bits per heavy atom. The normalized spacial score (nSPS) is 19.2. The third-order valence-electron chi connectivity index (χ3n) is 10.6. The summed E-state index contributed by atoms with van der Waals surface area (Å²) in [5, 5.41) is 3.37. The van der Waals surface area contributed by atoms with Gasteiger partial charge in [0, 0.05) is 46.1 Å². The van der Waals surface area contributed by atoms with E-state index in [0.717, 1.165) is 30.8 Å². The Hall–Kier alpha value is -4.66. The highest BCUT2D eigenvalue weighted by Crippen LogP contribution is 2.53. The van der Waals surface area contributed by atoms with Crippen LogP contribution in [0, 0.1) is 0 Å². The van der Waals surface area contributed by atoms with Crippen LogP contribution < -0.4 is 4.90 Å². The van der Waals surface area contributed by atoms with Gasteiger partial charge in [0.15, 0.2) is 5.71 Å². The number of fused-ring (bicyclic) bond motifs is 4. The molecule has 0 bridgehead atoms. The molecule has 0 aromatic heterocycles. The Labute approximate surface area is 291 Å². The van der Waals surface area contributed by atoms with Gasteiger partial charge in [0.2, 0.25) is 5.69 Å². The highest BCUT2D eigenvalue weighted by Gasteiger charge is 2.49. The van der Waals surface area contributed by atoms with Crippen LogP contribution in [0.15, 0.2) is 151 Å². The molecule has 7 rings (SSSR count). The van der Waals surface area contributed by atoms with Crippen LogP contribution in [0.25, 0.3) is 10.8 Å². The van der Waals surface area contributed by atoms with E-state index in [4.69, 9.17) is 11.6 Å². The van der Waals surface area contributed by atoms with Crippen LogP contribution in [0.1, 0.15) is 49.4 Å². The molecule has 0 amide bonds. The predicted octanol–water partition coefficient (Wildman–Crippen LogP) is 11.1. The summed E-state index contributed by atoms with van der Waals surface area (Å²) in [4.78, 5) is 2.52. The van der Waals surface area contributed by atoms with Crippen LogP contribution in [0.3, 0.4) is 0 Å². The summed E-state index contributed by atoms with van der Waals surface area (Å²) in [6, 6.07) is 41.6. The molecular formula is C45H44ClN2+. The number of allylic oxidation sites excluding steroid dienone is 5. The number of benzene rings is 5. The smallest absolute Gasteiger partial charge is 0.210 e. The van der Waals surface area contributed by atoms with Crippen molar-refractivity contribution in [2.24, 2.45) is 0 Å². The van der Waals surface area contributed by atoms with Crippen molar-refractivity contribution in [2.75, 3.05) is 18.5 Å². The standard InChI is InChI=1S/C45H44ClN2/c1-6-26-44(4)41(47(5)40-24-22-35-20-14-15-21-37(35)43(40)44)27-32(3)28-42-45(30-33-16-10-8-11-17-33,31-34-18-12-9-13-19-34)38-29-36(46)23-25-39(38)48(42)7-2/h6,8-25,27-29H,1,7,26,30-31H2,2-5H3/q+1. The molecule has 0 aliphatic carbocycles. The molecule has 0 saturated carbocycles.